The van der Waals surface area contributed by atoms with Crippen molar-refractivity contribution in [3.63, 3.8) is 0 Å². The first kappa shape index (κ1) is 34.7. The van der Waals surface area contributed by atoms with Crippen LogP contribution in [0.25, 0.3) is 0 Å². The van der Waals surface area contributed by atoms with Crippen LogP contribution in [0.5, 0.6) is 0 Å². The lowest BCUT2D eigenvalue weighted by Crippen LogP contribution is -2.62. The predicted molar refractivity (Wildman–Crippen MR) is 152 cm³/mol. The zero-order chi connectivity index (χ0) is 34.3. The van der Waals surface area contributed by atoms with Gasteiger partial charge in [0.05, 0.1) is 22.4 Å². The van der Waals surface area contributed by atoms with E-state index >= 15 is 4.39 Å². The lowest BCUT2D eigenvalue weighted by Gasteiger charge is -2.48. The van der Waals surface area contributed by atoms with Crippen molar-refractivity contribution in [2.45, 2.75) is 65.5 Å². The number of aliphatic hydroxyl groups is 1. The summed E-state index contributed by atoms with van der Waals surface area (Å²) in [5.74, 6) is -1.95. The quantitative estimate of drug-likeness (QED) is 0.447. The summed E-state index contributed by atoms with van der Waals surface area (Å²) in [7, 11) is -8.19. The van der Waals surface area contributed by atoms with Crippen LogP contribution >= 0.6 is 11.6 Å². The number of sulfone groups is 2. The van der Waals surface area contributed by atoms with Gasteiger partial charge in [0.1, 0.15) is 10.3 Å². The van der Waals surface area contributed by atoms with Gasteiger partial charge in [-0.25, -0.2) is 21.2 Å². The van der Waals surface area contributed by atoms with E-state index < -0.39 is 109 Å². The molecule has 1 N–H and O–H groups in total. The van der Waals surface area contributed by atoms with Gasteiger partial charge >= 0.3 is 18.0 Å². The molecule has 2 unspecified atom stereocenters. The molecule has 1 amide bonds. The number of halogens is 8. The number of carbonyl (C=O) groups is 1. The molecule has 46 heavy (non-hydrogen) atoms. The van der Waals surface area contributed by atoms with Crippen LogP contribution in [0.4, 0.5) is 36.4 Å². The van der Waals surface area contributed by atoms with Crippen molar-refractivity contribution in [1.82, 2.24) is 4.90 Å². The summed E-state index contributed by atoms with van der Waals surface area (Å²) in [4.78, 5) is 15.9. The second kappa shape index (κ2) is 11.0. The van der Waals surface area contributed by atoms with Crippen LogP contribution < -0.4 is 4.90 Å². The first-order valence-electron chi connectivity index (χ1n) is 14.0. The highest BCUT2D eigenvalue weighted by Gasteiger charge is 2.74. The number of likely N-dealkylation sites (tertiary alicyclic amines) is 1. The molecule has 2 atom stereocenters. The Balaban J connectivity index is 1.73. The minimum atomic E-state index is -6.42. The number of carbonyl (C=O) groups excluding carboxylic acids is 1. The smallest absolute Gasteiger partial charge is 0.380 e. The standard InChI is InChI=1S/C28H28ClF7N2O6S2/c1-2-37-16-22-25(46(43,44)19-6-4-18(29)5-7-19,9-12-38(22)23(39)24(40)10-13-45(41,42)14-11-24)20-8-3-17(15-21(20)37)26(30,27(31,32)33)28(34,35)36/h3-8,15,22,40H,2,9-14,16H2,1H3. The molecule has 3 heterocycles. The first-order chi connectivity index (χ1) is 21.1. The lowest BCUT2D eigenvalue weighted by atomic mass is 9.82. The molecule has 3 aliphatic heterocycles. The minimum Gasteiger partial charge on any atom is -0.380 e. The second-order valence-electron chi connectivity index (χ2n) is 11.7. The van der Waals surface area contributed by atoms with E-state index in [1.807, 2.05) is 0 Å². The van der Waals surface area contributed by atoms with Crippen molar-refractivity contribution < 1.29 is 57.5 Å². The molecule has 0 saturated carbocycles. The Morgan fingerprint density at radius 2 is 1.54 bits per heavy atom. The molecular formula is C28H28ClF7N2O6S2. The van der Waals surface area contributed by atoms with E-state index in [-0.39, 0.29) is 34.6 Å². The molecular weight excluding hydrogens is 693 g/mol. The summed E-state index contributed by atoms with van der Waals surface area (Å²) in [6.45, 7) is 0.624. The van der Waals surface area contributed by atoms with Gasteiger partial charge in [-0.3, -0.25) is 4.79 Å². The lowest BCUT2D eigenvalue weighted by molar-refractivity contribution is -0.348. The zero-order valence-electron chi connectivity index (χ0n) is 24.0. The third-order valence-electron chi connectivity index (χ3n) is 9.30. The molecule has 2 aromatic rings. The van der Waals surface area contributed by atoms with E-state index in [9.17, 15) is 53.1 Å². The average molecular weight is 721 g/mol. The van der Waals surface area contributed by atoms with Crippen molar-refractivity contribution in [3.8, 4) is 0 Å². The molecule has 3 aliphatic rings. The van der Waals surface area contributed by atoms with Gasteiger partial charge in [-0.15, -0.1) is 0 Å². The van der Waals surface area contributed by atoms with Crippen molar-refractivity contribution in [2.24, 2.45) is 0 Å². The molecule has 0 bridgehead atoms. The summed E-state index contributed by atoms with van der Waals surface area (Å²) >= 11 is 5.95. The molecule has 8 nitrogen and oxygen atoms in total. The monoisotopic (exact) mass is 720 g/mol. The first-order valence-corrected chi connectivity index (χ1v) is 17.7. The Bertz CT molecular complexity index is 1740. The van der Waals surface area contributed by atoms with Crippen LogP contribution in [0.15, 0.2) is 47.4 Å². The highest BCUT2D eigenvalue weighted by molar-refractivity contribution is 7.92. The number of alkyl halides is 7. The number of anilines is 1. The molecule has 2 fully saturated rings. The number of benzene rings is 2. The molecule has 254 valence electrons. The van der Waals surface area contributed by atoms with Crippen LogP contribution in [-0.4, -0.2) is 87.9 Å². The third-order valence-corrected chi connectivity index (χ3v) is 13.8. The normalized spacial score (nSPS) is 24.8. The number of fused-ring (bicyclic) bond motifs is 3. The van der Waals surface area contributed by atoms with Crippen LogP contribution in [0.2, 0.25) is 5.02 Å². The maximum absolute atomic E-state index is 15.2. The van der Waals surface area contributed by atoms with Gasteiger partial charge in [0.25, 0.3) is 5.91 Å². The topological polar surface area (TPSA) is 112 Å². The van der Waals surface area contributed by atoms with Gasteiger partial charge in [0.15, 0.2) is 19.7 Å². The summed E-state index contributed by atoms with van der Waals surface area (Å²) in [5.41, 5.74) is -10.4. The number of amides is 1. The molecule has 0 aromatic heterocycles. The largest absolute Gasteiger partial charge is 0.435 e. The fraction of sp³-hybridized carbons (Fsp3) is 0.536. The van der Waals surface area contributed by atoms with E-state index in [0.717, 1.165) is 17.0 Å². The zero-order valence-corrected chi connectivity index (χ0v) is 26.4. The molecule has 2 saturated heterocycles. The van der Waals surface area contributed by atoms with Gasteiger partial charge in [0, 0.05) is 35.9 Å². The van der Waals surface area contributed by atoms with E-state index in [1.54, 1.807) is 0 Å². The Morgan fingerprint density at radius 1 is 0.978 bits per heavy atom. The maximum Gasteiger partial charge on any atom is 0.435 e. The van der Waals surface area contributed by atoms with Crippen molar-refractivity contribution in [2.75, 3.05) is 36.0 Å². The molecule has 5 rings (SSSR count). The predicted octanol–water partition coefficient (Wildman–Crippen LogP) is 4.68. The number of hydrogen-bond acceptors (Lipinski definition) is 7. The molecule has 0 radical (unpaired) electrons. The molecule has 0 spiro atoms. The number of hydrogen-bond donors (Lipinski definition) is 1. The Hall–Kier alpha value is -2.63. The minimum absolute atomic E-state index is 0.105. The maximum atomic E-state index is 15.2. The molecule has 2 aromatic carbocycles. The van der Waals surface area contributed by atoms with Gasteiger partial charge < -0.3 is 14.9 Å². The van der Waals surface area contributed by atoms with Crippen LogP contribution in [0.1, 0.15) is 37.3 Å². The fourth-order valence-electron chi connectivity index (χ4n) is 6.76. The van der Waals surface area contributed by atoms with Crippen LogP contribution in [0, 0.1) is 0 Å². The van der Waals surface area contributed by atoms with Crippen molar-refractivity contribution in [1.29, 1.82) is 0 Å². The summed E-state index contributed by atoms with van der Waals surface area (Å²) in [6, 6.07) is 4.81. The van der Waals surface area contributed by atoms with Gasteiger partial charge in [0.2, 0.25) is 0 Å². The highest BCUT2D eigenvalue weighted by atomic mass is 35.5. The SMILES string of the molecule is CCN1CC2N(C(=O)C3(O)CCS(=O)(=O)CC3)CCC2(S(=O)(=O)c2ccc(Cl)cc2)c2ccc(C(F)(C(F)(F)F)C(F)(F)F)cc21. The van der Waals surface area contributed by atoms with Crippen molar-refractivity contribution in [3.05, 3.63) is 58.6 Å². The van der Waals surface area contributed by atoms with Crippen LogP contribution in [-0.2, 0) is 34.9 Å². The Morgan fingerprint density at radius 3 is 2.07 bits per heavy atom. The van der Waals surface area contributed by atoms with E-state index in [2.05, 4.69) is 0 Å². The van der Waals surface area contributed by atoms with E-state index in [4.69, 9.17) is 11.6 Å². The average Bonchev–Trinajstić information content (AvgIpc) is 3.37. The third kappa shape index (κ3) is 5.07. The second-order valence-corrected chi connectivity index (χ2v) is 16.7. The van der Waals surface area contributed by atoms with Gasteiger partial charge in [-0.1, -0.05) is 23.7 Å². The molecule has 18 heteroatoms. The Kier molecular flexibility index (Phi) is 8.26. The van der Waals surface area contributed by atoms with E-state index in [0.29, 0.717) is 12.1 Å². The van der Waals surface area contributed by atoms with Gasteiger partial charge in [-0.05, 0) is 62.1 Å². The summed E-state index contributed by atoms with van der Waals surface area (Å²) in [6.07, 6.45) is -14.1. The highest BCUT2D eigenvalue weighted by Crippen LogP contribution is 2.58. The van der Waals surface area contributed by atoms with Gasteiger partial charge in [-0.2, -0.15) is 26.3 Å². The summed E-state index contributed by atoms with van der Waals surface area (Å²) in [5, 5.41) is 11.4. The van der Waals surface area contributed by atoms with E-state index in [1.165, 1.54) is 24.0 Å². The number of rotatable bonds is 5. The van der Waals surface area contributed by atoms with Crippen LogP contribution in [0.3, 0.4) is 0 Å². The number of likely N-dealkylation sites (N-methyl/N-ethyl adjacent to an activating group) is 1. The molecule has 0 aliphatic carbocycles. The summed E-state index contributed by atoms with van der Waals surface area (Å²) < 4.78 is 148. The van der Waals surface area contributed by atoms with Crippen molar-refractivity contribution >= 4 is 42.9 Å². The fourth-order valence-corrected chi connectivity index (χ4v) is 10.7. The number of nitrogens with zero attached hydrogens (tertiary/aromatic N) is 2. The Labute approximate surface area is 264 Å².